The first-order chi connectivity index (χ1) is 39.3. The van der Waals surface area contributed by atoms with Crippen molar-refractivity contribution in [1.29, 1.82) is 5.26 Å². The summed E-state index contributed by atoms with van der Waals surface area (Å²) in [7, 11) is 1.16. The molecule has 3 aliphatic rings. The van der Waals surface area contributed by atoms with Crippen LogP contribution in [0, 0.1) is 11.3 Å². The molecule has 0 aliphatic carbocycles. The van der Waals surface area contributed by atoms with E-state index in [4.69, 9.17) is 52.4 Å². The first kappa shape index (κ1) is 58.7. The highest BCUT2D eigenvalue weighted by molar-refractivity contribution is 7.44. The second-order valence-corrected chi connectivity index (χ2v) is 21.5. The molecule has 1 aromatic heterocycles. The largest absolute Gasteiger partial charge is 0.497 e. The zero-order chi connectivity index (χ0) is 57.3. The van der Waals surface area contributed by atoms with Crippen LogP contribution in [0.15, 0.2) is 145 Å². The summed E-state index contributed by atoms with van der Waals surface area (Å²) in [4.78, 5) is 30.8. The van der Waals surface area contributed by atoms with Gasteiger partial charge in [0.05, 0.1) is 70.4 Å². The van der Waals surface area contributed by atoms with Gasteiger partial charge in [0.1, 0.15) is 35.4 Å². The van der Waals surface area contributed by atoms with Crippen molar-refractivity contribution in [2.24, 2.45) is 4.99 Å². The van der Waals surface area contributed by atoms with E-state index in [1.807, 2.05) is 150 Å². The third-order valence-electron chi connectivity index (χ3n) is 14.4. The van der Waals surface area contributed by atoms with Gasteiger partial charge in [0.15, 0.2) is 6.10 Å². The van der Waals surface area contributed by atoms with Gasteiger partial charge in [-0.2, -0.15) is 24.7 Å². The summed E-state index contributed by atoms with van der Waals surface area (Å²) in [5.74, 6) is 1.17. The highest BCUT2D eigenvalue weighted by Gasteiger charge is 2.65. The fraction of sp³-hybridized carbons (Fsp3) is 0.383. The lowest BCUT2D eigenvalue weighted by atomic mass is 9.80. The summed E-state index contributed by atoms with van der Waals surface area (Å²) < 4.78 is 54.0. The van der Waals surface area contributed by atoms with Crippen LogP contribution >= 0.6 is 8.53 Å². The third-order valence-corrected chi connectivity index (χ3v) is 16.5. The summed E-state index contributed by atoms with van der Waals surface area (Å²) in [5, 5.41) is 48.5. The molecule has 4 N–H and O–H groups in total. The van der Waals surface area contributed by atoms with E-state index in [2.05, 4.69) is 16.1 Å². The molecular weight excluding hydrogens is 1060 g/mol. The molecule has 0 bridgehead atoms. The molecule has 21 heteroatoms. The Hall–Kier alpha value is -6.96. The number of anilines is 3. The first-order valence-corrected chi connectivity index (χ1v) is 28.2. The lowest BCUT2D eigenvalue weighted by Gasteiger charge is -2.40. The lowest BCUT2D eigenvalue weighted by molar-refractivity contribution is -0.141. The van der Waals surface area contributed by atoms with Crippen LogP contribution in [0.3, 0.4) is 0 Å². The van der Waals surface area contributed by atoms with Gasteiger partial charge in [0.2, 0.25) is 30.4 Å². The highest BCUT2D eigenvalue weighted by atomic mass is 31.2. The standard InChI is InChI=1S/C60H70N8O12P/c1-8-62-58-64-55-52(56(65-58)79-59(72)66(44-21-14-10-15-22-44)45-23-16-11-17-24-45)63-38-68(55,51-35-48(70)49(36-69)77-51)57-53(71)54(80-81(76-34-18-33-61)67(39(2)3)40(4)5)50(78-57)37-75-60(41-19-12-9-13-20-41,42-25-29-46(73-6)30-26-42)43-27-31-47(74-7)32-28-43/h9-17,19-32,38-40,48-51,53-54,57,69-71H,8,18,34-37H2,1-7H3,(H,62,64,65)/q+1/t48-,49+,50+,51-,53+,54+,57+,68?,81?/m0/s1. The van der Waals surface area contributed by atoms with Gasteiger partial charge < -0.3 is 58.1 Å². The molecule has 2 fully saturated rings. The van der Waals surface area contributed by atoms with Crippen LogP contribution < -0.4 is 28.9 Å². The molecule has 9 rings (SSSR count). The van der Waals surface area contributed by atoms with E-state index in [0.717, 1.165) is 16.7 Å². The summed E-state index contributed by atoms with van der Waals surface area (Å²) >= 11 is 0. The number of carbonyl (C=O) groups excluding carboxylic acids is 1. The Morgan fingerprint density at radius 2 is 1.38 bits per heavy atom. The number of rotatable bonds is 24. The summed E-state index contributed by atoms with van der Waals surface area (Å²) in [6.07, 6.45) is -8.15. The molecule has 426 valence electrons. The predicted molar refractivity (Wildman–Crippen MR) is 307 cm³/mol. The predicted octanol–water partition coefficient (Wildman–Crippen LogP) is 9.47. The number of methoxy groups -OCH3 is 2. The van der Waals surface area contributed by atoms with Crippen molar-refractivity contribution in [3.63, 3.8) is 0 Å². The van der Waals surface area contributed by atoms with E-state index in [1.54, 1.807) is 38.5 Å². The molecule has 0 saturated carbocycles. The van der Waals surface area contributed by atoms with E-state index in [1.165, 1.54) is 11.2 Å². The van der Waals surface area contributed by atoms with Crippen LogP contribution in [0.5, 0.6) is 17.4 Å². The minimum Gasteiger partial charge on any atom is -0.497 e. The summed E-state index contributed by atoms with van der Waals surface area (Å²) in [6, 6.07) is 44.9. The monoisotopic (exact) mass is 1130 g/mol. The van der Waals surface area contributed by atoms with Crippen LogP contribution in [-0.2, 0) is 28.9 Å². The van der Waals surface area contributed by atoms with Crippen molar-refractivity contribution < 1.29 is 57.6 Å². The molecule has 6 aromatic rings. The second kappa shape index (κ2) is 26.3. The highest BCUT2D eigenvalue weighted by Crippen LogP contribution is 2.54. The molecular formula is C60H70N8O12P+. The number of aliphatic hydroxyl groups is 3. The molecule has 2 saturated heterocycles. The molecule has 4 heterocycles. The molecule has 3 aliphatic heterocycles. The number of aliphatic hydroxyl groups excluding tert-OH is 3. The zero-order valence-corrected chi connectivity index (χ0v) is 47.3. The normalized spacial score (nSPS) is 22.6. The van der Waals surface area contributed by atoms with Gasteiger partial charge in [-0.15, -0.1) is 0 Å². The molecule has 0 spiro atoms. The summed E-state index contributed by atoms with van der Waals surface area (Å²) in [5.41, 5.74) is 1.94. The lowest BCUT2D eigenvalue weighted by Crippen LogP contribution is -2.65. The summed E-state index contributed by atoms with van der Waals surface area (Å²) in [6.45, 7) is 9.51. The minimum absolute atomic E-state index is 0.0135. The van der Waals surface area contributed by atoms with Crippen molar-refractivity contribution in [2.75, 3.05) is 50.8 Å². The molecule has 1 amide bonds. The van der Waals surface area contributed by atoms with Gasteiger partial charge in [-0.25, -0.2) is 14.4 Å². The third kappa shape index (κ3) is 12.0. The SMILES string of the molecule is CCNc1nc(OC(=O)N(c2ccccc2)c2ccccc2)c2c(n1)[N+]([C@@H]1C[C@H](O)[C@@H](CO)O1)([C@@H]1O[C@H](COC(c3ccccc3)(c3ccc(OC)cc3)c3ccc(OC)cc3)[C@@H](OP(OCCC#N)N(C(C)C)C(C)C)[C@H]1O)C=N2. The Morgan fingerprint density at radius 1 is 0.815 bits per heavy atom. The fourth-order valence-corrected chi connectivity index (χ4v) is 12.5. The number of nitrogens with zero attached hydrogens (tertiary/aromatic N) is 7. The van der Waals surface area contributed by atoms with Crippen LogP contribution in [0.2, 0.25) is 0 Å². The Balaban J connectivity index is 1.21. The number of nitriles is 1. The van der Waals surface area contributed by atoms with Gasteiger partial charge in [0, 0.05) is 18.6 Å². The number of ether oxygens (including phenoxy) is 6. The number of fused-ring (bicyclic) bond motifs is 1. The van der Waals surface area contributed by atoms with Crippen LogP contribution in [0.25, 0.3) is 0 Å². The van der Waals surface area contributed by atoms with Gasteiger partial charge in [-0.3, -0.25) is 0 Å². The maximum absolute atomic E-state index is 14.7. The van der Waals surface area contributed by atoms with Gasteiger partial charge in [-0.05, 0) is 99.8 Å². The molecule has 81 heavy (non-hydrogen) atoms. The van der Waals surface area contributed by atoms with Gasteiger partial charge >= 0.3 is 6.09 Å². The number of benzene rings is 5. The van der Waals surface area contributed by atoms with Crippen molar-refractivity contribution in [2.45, 2.75) is 108 Å². The number of hydrogen-bond donors (Lipinski definition) is 4. The van der Waals surface area contributed by atoms with Gasteiger partial charge in [0.25, 0.3) is 20.2 Å². The molecule has 9 atom stereocenters. The Kier molecular flexibility index (Phi) is 19.1. The van der Waals surface area contributed by atoms with E-state index in [-0.39, 0.29) is 61.5 Å². The minimum atomic E-state index is -2.04. The Morgan fingerprint density at radius 3 is 1.90 bits per heavy atom. The number of aliphatic imine (C=N–C) groups is 1. The maximum atomic E-state index is 14.7. The number of aromatic nitrogens is 2. The fourth-order valence-electron chi connectivity index (χ4n) is 10.7. The number of para-hydroxylation sites is 2. The van der Waals surface area contributed by atoms with Crippen LogP contribution in [0.1, 0.15) is 64.2 Å². The van der Waals surface area contributed by atoms with Crippen molar-refractivity contribution >= 4 is 49.8 Å². The maximum Gasteiger partial charge on any atom is 0.425 e. The molecule has 5 aromatic carbocycles. The zero-order valence-electron chi connectivity index (χ0n) is 46.4. The van der Waals surface area contributed by atoms with E-state index in [9.17, 15) is 25.4 Å². The van der Waals surface area contributed by atoms with E-state index in [0.29, 0.717) is 29.4 Å². The van der Waals surface area contributed by atoms with Crippen molar-refractivity contribution in [3.8, 4) is 23.4 Å². The van der Waals surface area contributed by atoms with Gasteiger partial charge in [-0.1, -0.05) is 91.0 Å². The van der Waals surface area contributed by atoms with Crippen molar-refractivity contribution in [1.82, 2.24) is 19.1 Å². The average Bonchev–Trinajstić information content (AvgIpc) is 4.37. The number of amides is 1. The smallest absolute Gasteiger partial charge is 0.425 e. The number of hydrogen-bond acceptors (Lipinski definition) is 18. The number of nitrogens with one attached hydrogen (secondary N) is 1. The first-order valence-electron chi connectivity index (χ1n) is 27.0. The number of quaternary nitrogens is 1. The van der Waals surface area contributed by atoms with Crippen LogP contribution in [0.4, 0.5) is 33.6 Å². The van der Waals surface area contributed by atoms with Crippen molar-refractivity contribution in [3.05, 3.63) is 156 Å². The topological polar surface area (TPSA) is 232 Å². The van der Waals surface area contributed by atoms with Crippen LogP contribution in [-0.4, -0.2) is 138 Å². The molecule has 20 nitrogen and oxygen atoms in total. The second-order valence-electron chi connectivity index (χ2n) is 20.1. The Labute approximate surface area is 473 Å². The molecule has 0 radical (unpaired) electrons. The Bertz CT molecular complexity index is 3000. The van der Waals surface area contributed by atoms with E-state index < -0.39 is 74.3 Å². The average molecular weight is 1130 g/mol. The quantitative estimate of drug-likeness (QED) is 0.0191. The van der Waals surface area contributed by atoms with E-state index >= 15 is 0 Å². The molecule has 2 unspecified atom stereocenters. The number of carbonyl (C=O) groups is 1.